The van der Waals surface area contributed by atoms with Gasteiger partial charge in [-0.15, -0.1) is 0 Å². The summed E-state index contributed by atoms with van der Waals surface area (Å²) >= 11 is 0. The molecule has 2 aliphatic rings. The zero-order valence-corrected chi connectivity index (χ0v) is 20.0. The standard InChI is InChI=1S/C25H33N5O2S/c1-17(2)33(31,32)23-11-7-6-10-22(23)29-24-21(18-8-4-3-5-9-18)16-28-25(27,30-24)19-12-14-20(26)15-13-19/h3-11,16-17,19-20,29-30H,12-15,26-27H2,1-2H3. The number of anilines is 1. The van der Waals surface area contributed by atoms with Crippen LogP contribution >= 0.6 is 0 Å². The molecule has 7 nitrogen and oxygen atoms in total. The van der Waals surface area contributed by atoms with E-state index in [1.807, 2.05) is 36.4 Å². The van der Waals surface area contributed by atoms with Gasteiger partial charge in [-0.25, -0.2) is 13.4 Å². The second-order valence-electron chi connectivity index (χ2n) is 9.19. The van der Waals surface area contributed by atoms with Gasteiger partial charge in [0.25, 0.3) is 0 Å². The Morgan fingerprint density at radius 1 is 1.03 bits per heavy atom. The molecule has 1 atom stereocenters. The first-order valence-electron chi connectivity index (χ1n) is 11.5. The highest BCUT2D eigenvalue weighted by atomic mass is 32.2. The SMILES string of the molecule is CC(C)S(=O)(=O)c1ccccc1NC1=C(c2ccccc2)C=NC(N)(C2CCC(N)CC2)N1. The minimum absolute atomic E-state index is 0.123. The lowest BCUT2D eigenvalue weighted by atomic mass is 9.81. The van der Waals surface area contributed by atoms with Crippen LogP contribution in [0.3, 0.4) is 0 Å². The van der Waals surface area contributed by atoms with Gasteiger partial charge in [-0.1, -0.05) is 42.5 Å². The minimum atomic E-state index is -3.49. The number of allylic oxidation sites excluding steroid dienone is 1. The molecule has 0 amide bonds. The molecule has 176 valence electrons. The fourth-order valence-electron chi connectivity index (χ4n) is 4.44. The average molecular weight is 468 g/mol. The van der Waals surface area contributed by atoms with E-state index >= 15 is 0 Å². The smallest absolute Gasteiger partial charge is 0.186 e. The van der Waals surface area contributed by atoms with E-state index in [0.29, 0.717) is 11.5 Å². The maximum atomic E-state index is 13.0. The molecule has 6 N–H and O–H groups in total. The van der Waals surface area contributed by atoms with Crippen molar-refractivity contribution in [2.45, 2.75) is 61.5 Å². The van der Waals surface area contributed by atoms with E-state index < -0.39 is 20.9 Å². The van der Waals surface area contributed by atoms with E-state index in [1.165, 1.54) is 0 Å². The van der Waals surface area contributed by atoms with Gasteiger partial charge in [-0.2, -0.15) is 0 Å². The Labute approximate surface area is 196 Å². The number of nitrogens with one attached hydrogen (secondary N) is 2. The van der Waals surface area contributed by atoms with E-state index in [2.05, 4.69) is 10.6 Å². The van der Waals surface area contributed by atoms with Crippen molar-refractivity contribution in [1.29, 1.82) is 0 Å². The second kappa shape index (κ2) is 9.29. The van der Waals surface area contributed by atoms with Gasteiger partial charge in [0, 0.05) is 23.7 Å². The minimum Gasteiger partial charge on any atom is -0.340 e. The summed E-state index contributed by atoms with van der Waals surface area (Å²) in [5, 5.41) is 6.25. The second-order valence-corrected chi connectivity index (χ2v) is 11.7. The predicted molar refractivity (Wildman–Crippen MR) is 134 cm³/mol. The Morgan fingerprint density at radius 3 is 2.33 bits per heavy atom. The number of nitrogens with two attached hydrogens (primary N) is 2. The molecular formula is C25H33N5O2S. The van der Waals surface area contributed by atoms with E-state index in [1.54, 1.807) is 38.3 Å². The quantitative estimate of drug-likeness (QED) is 0.516. The van der Waals surface area contributed by atoms with E-state index in [9.17, 15) is 8.42 Å². The van der Waals surface area contributed by atoms with Gasteiger partial charge in [0.05, 0.1) is 15.8 Å². The van der Waals surface area contributed by atoms with Crippen LogP contribution in [0.1, 0.15) is 45.1 Å². The summed E-state index contributed by atoms with van der Waals surface area (Å²) in [7, 11) is -3.49. The molecule has 0 saturated heterocycles. The third-order valence-corrected chi connectivity index (χ3v) is 8.76. The van der Waals surface area contributed by atoms with Crippen LogP contribution in [0, 0.1) is 5.92 Å². The van der Waals surface area contributed by atoms with Crippen LogP contribution in [0.5, 0.6) is 0 Å². The topological polar surface area (TPSA) is 123 Å². The Hall–Kier alpha value is -2.68. The molecule has 0 radical (unpaired) electrons. The number of sulfone groups is 1. The fourth-order valence-corrected chi connectivity index (χ4v) is 5.65. The largest absolute Gasteiger partial charge is 0.340 e. The number of hydrogen-bond acceptors (Lipinski definition) is 7. The number of rotatable bonds is 6. The van der Waals surface area contributed by atoms with Crippen molar-refractivity contribution in [3.63, 3.8) is 0 Å². The number of aliphatic imine (C=N–C) groups is 1. The summed E-state index contributed by atoms with van der Waals surface area (Å²) in [6.07, 6.45) is 5.38. The molecule has 1 aliphatic heterocycles. The van der Waals surface area contributed by atoms with Gasteiger partial charge < -0.3 is 16.4 Å². The lowest BCUT2D eigenvalue weighted by Crippen LogP contribution is -2.60. The van der Waals surface area contributed by atoms with Gasteiger partial charge in [0.2, 0.25) is 0 Å². The summed E-state index contributed by atoms with van der Waals surface area (Å²) in [5.74, 6) is -0.232. The highest BCUT2D eigenvalue weighted by molar-refractivity contribution is 7.92. The number of hydrogen-bond donors (Lipinski definition) is 4. The zero-order valence-electron chi connectivity index (χ0n) is 19.2. The first-order chi connectivity index (χ1) is 15.7. The van der Waals surface area contributed by atoms with Crippen LogP contribution in [0.15, 0.2) is 70.3 Å². The van der Waals surface area contributed by atoms with Gasteiger partial charge in [0.1, 0.15) is 5.82 Å². The summed E-state index contributed by atoms with van der Waals surface area (Å²) in [6, 6.07) is 17.0. The number of benzene rings is 2. The van der Waals surface area contributed by atoms with E-state index in [-0.39, 0.29) is 16.9 Å². The Balaban J connectivity index is 1.74. The third kappa shape index (κ3) is 4.83. The van der Waals surface area contributed by atoms with Crippen molar-refractivity contribution in [1.82, 2.24) is 5.32 Å². The maximum Gasteiger partial charge on any atom is 0.186 e. The molecule has 1 heterocycles. The van der Waals surface area contributed by atoms with Gasteiger partial charge in [0.15, 0.2) is 15.6 Å². The number of nitrogens with zero attached hydrogens (tertiary/aromatic N) is 1. The summed E-state index contributed by atoms with van der Waals surface area (Å²) in [6.45, 7) is 3.37. The summed E-state index contributed by atoms with van der Waals surface area (Å²) < 4.78 is 26.0. The Bertz CT molecular complexity index is 1150. The third-order valence-electron chi connectivity index (χ3n) is 6.55. The Morgan fingerprint density at radius 2 is 1.67 bits per heavy atom. The van der Waals surface area contributed by atoms with E-state index in [4.69, 9.17) is 16.5 Å². The molecular weight excluding hydrogens is 434 g/mol. The molecule has 33 heavy (non-hydrogen) atoms. The Kier molecular flexibility index (Phi) is 6.61. The molecule has 2 aromatic rings. The fraction of sp³-hybridized carbons (Fsp3) is 0.400. The first-order valence-corrected chi connectivity index (χ1v) is 13.0. The highest BCUT2D eigenvalue weighted by Crippen LogP contribution is 2.35. The molecule has 0 aromatic heterocycles. The molecule has 0 spiro atoms. The lowest BCUT2D eigenvalue weighted by molar-refractivity contribution is 0.176. The van der Waals surface area contributed by atoms with Gasteiger partial charge in [-0.05, 0) is 57.2 Å². The van der Waals surface area contributed by atoms with Crippen LogP contribution in [0.25, 0.3) is 5.57 Å². The molecule has 8 heteroatoms. The molecule has 0 bridgehead atoms. The van der Waals surface area contributed by atoms with Gasteiger partial charge in [-0.3, -0.25) is 5.73 Å². The van der Waals surface area contributed by atoms with Crippen molar-refractivity contribution < 1.29 is 8.42 Å². The van der Waals surface area contributed by atoms with Crippen molar-refractivity contribution in [3.05, 3.63) is 66.0 Å². The van der Waals surface area contributed by atoms with Crippen LogP contribution in [-0.2, 0) is 9.84 Å². The summed E-state index contributed by atoms with van der Waals surface area (Å²) in [5.41, 5.74) is 15.2. The lowest BCUT2D eigenvalue weighted by Gasteiger charge is -2.41. The van der Waals surface area contributed by atoms with Crippen molar-refractivity contribution in [3.8, 4) is 0 Å². The van der Waals surface area contributed by atoms with Crippen molar-refractivity contribution >= 4 is 27.3 Å². The average Bonchev–Trinajstić information content (AvgIpc) is 2.80. The molecule has 2 aromatic carbocycles. The van der Waals surface area contributed by atoms with Crippen LogP contribution in [0.2, 0.25) is 0 Å². The molecule has 1 unspecified atom stereocenters. The summed E-state index contributed by atoms with van der Waals surface area (Å²) in [4.78, 5) is 5.00. The van der Waals surface area contributed by atoms with Crippen molar-refractivity contribution in [2.24, 2.45) is 22.4 Å². The molecule has 4 rings (SSSR count). The van der Waals surface area contributed by atoms with Crippen LogP contribution in [0.4, 0.5) is 5.69 Å². The van der Waals surface area contributed by atoms with Crippen LogP contribution in [-0.4, -0.2) is 31.7 Å². The van der Waals surface area contributed by atoms with E-state index in [0.717, 1.165) is 36.8 Å². The monoisotopic (exact) mass is 467 g/mol. The molecule has 1 aliphatic carbocycles. The predicted octanol–water partition coefficient (Wildman–Crippen LogP) is 3.45. The first kappa shape index (κ1) is 23.5. The normalized spacial score (nSPS) is 25.7. The van der Waals surface area contributed by atoms with Crippen LogP contribution < -0.4 is 22.1 Å². The molecule has 1 fully saturated rings. The highest BCUT2D eigenvalue weighted by Gasteiger charge is 2.39. The molecule has 1 saturated carbocycles. The zero-order chi connectivity index (χ0) is 23.6. The van der Waals surface area contributed by atoms with Gasteiger partial charge >= 0.3 is 0 Å². The van der Waals surface area contributed by atoms with Crippen molar-refractivity contribution in [2.75, 3.05) is 5.32 Å². The number of para-hydroxylation sites is 1. The maximum absolute atomic E-state index is 13.0.